The number of benzene rings is 1. The Bertz CT molecular complexity index is 871. The molecule has 1 rings (SSSR count). The third kappa shape index (κ3) is 7.12. The molecule has 7 nitrogen and oxygen atoms in total. The normalized spacial score (nSPS) is 12.3. The minimum absolute atomic E-state index is 0.111. The van der Waals surface area contributed by atoms with Gasteiger partial charge in [0.15, 0.2) is 23.3 Å². The molecule has 1 unspecified atom stereocenters. The lowest BCUT2D eigenvalue weighted by atomic mass is 9.80. The van der Waals surface area contributed by atoms with Gasteiger partial charge in [0, 0.05) is 16.9 Å². The first kappa shape index (κ1) is 27.2. The van der Waals surface area contributed by atoms with Crippen molar-refractivity contribution >= 4 is 17.6 Å². The molecule has 1 aromatic rings. The Kier molecular flexibility index (Phi) is 9.96. The highest BCUT2D eigenvalue weighted by Gasteiger charge is 2.31. The fraction of sp³-hybridized carbons (Fsp3) is 0.619. The van der Waals surface area contributed by atoms with Crippen LogP contribution in [0.25, 0.3) is 10.4 Å². The largest absolute Gasteiger partial charge is 0.462 e. The van der Waals surface area contributed by atoms with Gasteiger partial charge in [0.1, 0.15) is 11.3 Å². The molecule has 11 heteroatoms. The molecule has 0 radical (unpaired) electrons. The summed E-state index contributed by atoms with van der Waals surface area (Å²) in [6.45, 7) is 9.72. The van der Waals surface area contributed by atoms with E-state index < -0.39 is 45.9 Å². The summed E-state index contributed by atoms with van der Waals surface area (Å²) in [6.07, 6.45) is 1.79. The Morgan fingerprint density at radius 3 is 2.16 bits per heavy atom. The second kappa shape index (κ2) is 11.7. The lowest BCUT2D eigenvalue weighted by Gasteiger charge is -2.27. The number of halogens is 4. The van der Waals surface area contributed by atoms with Gasteiger partial charge in [-0.25, -0.2) is 22.4 Å². The lowest BCUT2D eigenvalue weighted by Crippen LogP contribution is -2.38. The smallest absolute Gasteiger partial charge is 0.344 e. The molecule has 0 aliphatic heterocycles. The quantitative estimate of drug-likeness (QED) is 0.0839. The van der Waals surface area contributed by atoms with E-state index in [0.29, 0.717) is 18.3 Å². The maximum Gasteiger partial charge on any atom is 0.344 e. The summed E-state index contributed by atoms with van der Waals surface area (Å²) in [5.41, 5.74) is 4.52. The van der Waals surface area contributed by atoms with E-state index in [1.165, 1.54) is 0 Å². The van der Waals surface area contributed by atoms with Gasteiger partial charge in [-0.2, -0.15) is 0 Å². The van der Waals surface area contributed by atoms with E-state index in [-0.39, 0.29) is 25.5 Å². The first-order chi connectivity index (χ1) is 14.8. The standard InChI is InChI=1S/C21H28F4N4O3/c1-11(2)9-12(3)10-21(4,5)20(31)27-7-6-8-32-19(30)13-14(22)16(24)18(28-29-26)17(25)15(13)23/h11-12H,6-10H2,1-5H3,(H,27,31). The van der Waals surface area contributed by atoms with Crippen LogP contribution >= 0.6 is 0 Å². The van der Waals surface area contributed by atoms with Crippen molar-refractivity contribution in [1.29, 1.82) is 0 Å². The number of carbonyl (C=O) groups excluding carboxylic acids is 2. The highest BCUT2D eigenvalue weighted by molar-refractivity contribution is 5.90. The number of azide groups is 1. The maximum absolute atomic E-state index is 13.9. The molecule has 0 heterocycles. The molecule has 1 atom stereocenters. The monoisotopic (exact) mass is 460 g/mol. The number of nitrogens with zero attached hydrogens (tertiary/aromatic N) is 3. The van der Waals surface area contributed by atoms with E-state index in [1.54, 1.807) is 0 Å². The summed E-state index contributed by atoms with van der Waals surface area (Å²) >= 11 is 0. The highest BCUT2D eigenvalue weighted by atomic mass is 19.2. The Morgan fingerprint density at radius 2 is 1.66 bits per heavy atom. The molecule has 0 saturated carbocycles. The first-order valence-corrected chi connectivity index (χ1v) is 10.2. The van der Waals surface area contributed by atoms with Gasteiger partial charge in [-0.3, -0.25) is 4.79 Å². The Hall–Kier alpha value is -2.81. The van der Waals surface area contributed by atoms with E-state index >= 15 is 0 Å². The van der Waals surface area contributed by atoms with Gasteiger partial charge >= 0.3 is 5.97 Å². The molecule has 0 aromatic heterocycles. The molecule has 0 fully saturated rings. The predicted molar refractivity (Wildman–Crippen MR) is 110 cm³/mol. The Morgan fingerprint density at radius 1 is 1.09 bits per heavy atom. The summed E-state index contributed by atoms with van der Waals surface area (Å²) in [4.78, 5) is 26.4. The summed E-state index contributed by atoms with van der Waals surface area (Å²) in [5, 5.41) is 5.25. The zero-order valence-corrected chi connectivity index (χ0v) is 18.8. The second-order valence-electron chi connectivity index (χ2n) is 8.74. The van der Waals surface area contributed by atoms with Gasteiger partial charge in [0.2, 0.25) is 5.91 Å². The van der Waals surface area contributed by atoms with Gasteiger partial charge in [-0.1, -0.05) is 39.7 Å². The van der Waals surface area contributed by atoms with E-state index in [4.69, 9.17) is 5.53 Å². The van der Waals surface area contributed by atoms with Crippen molar-refractivity contribution in [3.05, 3.63) is 39.3 Å². The third-order valence-electron chi connectivity index (χ3n) is 4.78. The van der Waals surface area contributed by atoms with Crippen molar-refractivity contribution in [3.63, 3.8) is 0 Å². The zero-order chi connectivity index (χ0) is 24.6. The minimum atomic E-state index is -2.03. The van der Waals surface area contributed by atoms with Crippen LogP contribution in [0.3, 0.4) is 0 Å². The van der Waals surface area contributed by atoms with Crippen molar-refractivity contribution in [3.8, 4) is 0 Å². The molecule has 0 spiro atoms. The van der Waals surface area contributed by atoms with Gasteiger partial charge in [-0.15, -0.1) is 0 Å². The number of rotatable bonds is 11. The first-order valence-electron chi connectivity index (χ1n) is 10.2. The molecule has 1 amide bonds. The van der Waals surface area contributed by atoms with Crippen LogP contribution in [0.5, 0.6) is 0 Å². The van der Waals surface area contributed by atoms with Crippen LogP contribution in [-0.4, -0.2) is 25.0 Å². The molecule has 0 aliphatic carbocycles. The number of hydrogen-bond acceptors (Lipinski definition) is 4. The van der Waals surface area contributed by atoms with Crippen LogP contribution < -0.4 is 5.32 Å². The van der Waals surface area contributed by atoms with Crippen molar-refractivity contribution in [2.75, 3.05) is 13.2 Å². The number of carbonyl (C=O) groups is 2. The topological polar surface area (TPSA) is 104 Å². The van der Waals surface area contributed by atoms with Crippen molar-refractivity contribution in [2.24, 2.45) is 22.4 Å². The summed E-state index contributed by atoms with van der Waals surface area (Å²) in [5.74, 6) is -9.00. The van der Waals surface area contributed by atoms with Crippen molar-refractivity contribution < 1.29 is 31.9 Å². The Balaban J connectivity index is 2.63. The molecule has 0 bridgehead atoms. The minimum Gasteiger partial charge on any atom is -0.462 e. The number of hydrogen-bond donors (Lipinski definition) is 1. The van der Waals surface area contributed by atoms with Crippen molar-refractivity contribution in [1.82, 2.24) is 5.32 Å². The summed E-state index contributed by atoms with van der Waals surface area (Å²) < 4.78 is 60.1. The summed E-state index contributed by atoms with van der Waals surface area (Å²) in [7, 11) is 0. The van der Waals surface area contributed by atoms with Crippen LogP contribution in [0, 0.1) is 40.5 Å². The number of esters is 1. The maximum atomic E-state index is 13.9. The van der Waals surface area contributed by atoms with Crippen molar-refractivity contribution in [2.45, 2.75) is 53.9 Å². The predicted octanol–water partition coefficient (Wildman–Crippen LogP) is 5.95. The molecular weight excluding hydrogens is 432 g/mol. The average Bonchev–Trinajstić information content (AvgIpc) is 2.68. The molecular formula is C21H28F4N4O3. The highest BCUT2D eigenvalue weighted by Crippen LogP contribution is 2.31. The molecule has 0 aliphatic rings. The van der Waals surface area contributed by atoms with Crippen LogP contribution in [0.4, 0.5) is 23.2 Å². The van der Waals surface area contributed by atoms with Crippen LogP contribution in [0.1, 0.15) is 64.2 Å². The van der Waals surface area contributed by atoms with Crippen LogP contribution in [0.15, 0.2) is 5.11 Å². The molecule has 1 aromatic carbocycles. The molecule has 1 N–H and O–H groups in total. The number of ether oxygens (including phenoxy) is 1. The average molecular weight is 460 g/mol. The van der Waals surface area contributed by atoms with Crippen LogP contribution in [-0.2, 0) is 9.53 Å². The SMILES string of the molecule is CC(C)CC(C)CC(C)(C)C(=O)NCCCOC(=O)c1c(F)c(F)c(N=[N+]=[N-])c(F)c1F. The van der Waals surface area contributed by atoms with Gasteiger partial charge < -0.3 is 10.1 Å². The van der Waals surface area contributed by atoms with E-state index in [2.05, 4.69) is 40.9 Å². The van der Waals surface area contributed by atoms with E-state index in [9.17, 15) is 27.2 Å². The molecule has 0 saturated heterocycles. The fourth-order valence-electron chi connectivity index (χ4n) is 3.53. The zero-order valence-electron chi connectivity index (χ0n) is 18.8. The van der Waals surface area contributed by atoms with Gasteiger partial charge in [0.05, 0.1) is 6.61 Å². The second-order valence-corrected chi connectivity index (χ2v) is 8.74. The Labute approximate surface area is 184 Å². The molecule has 178 valence electrons. The number of amides is 1. The fourth-order valence-corrected chi connectivity index (χ4v) is 3.53. The van der Waals surface area contributed by atoms with Gasteiger partial charge in [-0.05, 0) is 36.6 Å². The van der Waals surface area contributed by atoms with E-state index in [0.717, 1.165) is 6.42 Å². The summed E-state index contributed by atoms with van der Waals surface area (Å²) in [6, 6.07) is 0. The van der Waals surface area contributed by atoms with Crippen LogP contribution in [0.2, 0.25) is 0 Å². The third-order valence-corrected chi connectivity index (χ3v) is 4.78. The van der Waals surface area contributed by atoms with Gasteiger partial charge in [0.25, 0.3) is 0 Å². The lowest BCUT2D eigenvalue weighted by molar-refractivity contribution is -0.130. The van der Waals surface area contributed by atoms with E-state index in [1.807, 2.05) is 13.8 Å². The molecule has 32 heavy (non-hydrogen) atoms. The number of nitrogens with one attached hydrogen (secondary N) is 1.